The molecule has 0 unspecified atom stereocenters. The maximum Gasteiger partial charge on any atom is 0.451 e. The second-order valence-corrected chi connectivity index (χ2v) is 9.10. The van der Waals surface area contributed by atoms with E-state index in [2.05, 4.69) is 0 Å². The van der Waals surface area contributed by atoms with Gasteiger partial charge in [-0.3, -0.25) is 4.79 Å². The molecule has 34 heavy (non-hydrogen) atoms. The number of carbonyl (C=O) groups is 1. The summed E-state index contributed by atoms with van der Waals surface area (Å²) in [6.07, 6.45) is -1.88. The van der Waals surface area contributed by atoms with Gasteiger partial charge in [0.15, 0.2) is 0 Å². The molecule has 1 atom stereocenters. The molecule has 10 heteroatoms. The average Bonchev–Trinajstić information content (AvgIpc) is 2.75. The third-order valence-electron chi connectivity index (χ3n) is 6.90. The minimum absolute atomic E-state index is 0.0436. The molecule has 184 valence electrons. The molecule has 0 radical (unpaired) electrons. The molecule has 1 aliphatic carbocycles. The first-order chi connectivity index (χ1) is 15.9. The molecule has 0 aromatic heterocycles. The van der Waals surface area contributed by atoms with Gasteiger partial charge in [-0.1, -0.05) is 43.2 Å². The standard InChI is InChI=1S/C24H30BF3N2O4/c1-30(19-14-18(15-19)23(29,22(31)32)12-4-5-13-25(33)34)21-7-3-2-6-20(21)16-8-10-17(11-9-16)24(26,27)28/h2-3,6-11,18-19,33-34H,4-5,12-15,29H2,1H3,(H,31,32)/t18?,19?,23-/m0/s1. The van der Waals surface area contributed by atoms with E-state index >= 15 is 0 Å². The van der Waals surface area contributed by atoms with Gasteiger partial charge in [0.05, 0.1) is 5.56 Å². The molecular formula is C24H30BF3N2O4. The Hall–Kier alpha value is -2.56. The quantitative estimate of drug-likeness (QED) is 0.304. The molecule has 2 aromatic carbocycles. The summed E-state index contributed by atoms with van der Waals surface area (Å²) in [5, 5.41) is 27.7. The first-order valence-electron chi connectivity index (χ1n) is 11.3. The Labute approximate surface area is 197 Å². The van der Waals surface area contributed by atoms with E-state index in [0.29, 0.717) is 31.2 Å². The number of nitrogens with two attached hydrogens (primary N) is 1. The summed E-state index contributed by atoms with van der Waals surface area (Å²) in [6, 6.07) is 12.5. The van der Waals surface area contributed by atoms with Crippen LogP contribution in [0.4, 0.5) is 18.9 Å². The molecule has 6 nitrogen and oxygen atoms in total. The van der Waals surface area contributed by atoms with Gasteiger partial charge in [-0.15, -0.1) is 0 Å². The van der Waals surface area contributed by atoms with Gasteiger partial charge in [0.2, 0.25) is 0 Å². The van der Waals surface area contributed by atoms with E-state index in [-0.39, 0.29) is 24.7 Å². The largest absolute Gasteiger partial charge is 0.480 e. The topological polar surface area (TPSA) is 107 Å². The molecule has 1 fully saturated rings. The number of para-hydroxylation sites is 1. The summed E-state index contributed by atoms with van der Waals surface area (Å²) >= 11 is 0. The Balaban J connectivity index is 1.70. The summed E-state index contributed by atoms with van der Waals surface area (Å²) in [7, 11) is 0.481. The van der Waals surface area contributed by atoms with Gasteiger partial charge in [0, 0.05) is 24.3 Å². The van der Waals surface area contributed by atoms with E-state index in [9.17, 15) is 23.1 Å². The third kappa shape index (κ3) is 5.74. The number of carboxylic acid groups (broad SMARTS) is 1. The van der Waals surface area contributed by atoms with Gasteiger partial charge in [-0.05, 0) is 55.3 Å². The van der Waals surface area contributed by atoms with Crippen molar-refractivity contribution in [2.24, 2.45) is 11.7 Å². The highest BCUT2D eigenvalue weighted by atomic mass is 19.4. The van der Waals surface area contributed by atoms with Crippen molar-refractivity contribution >= 4 is 18.8 Å². The number of alkyl halides is 3. The fourth-order valence-corrected chi connectivity index (χ4v) is 4.62. The maximum absolute atomic E-state index is 12.9. The number of nitrogens with zero attached hydrogens (tertiary/aromatic N) is 1. The van der Waals surface area contributed by atoms with Gasteiger partial charge in [-0.25, -0.2) is 0 Å². The van der Waals surface area contributed by atoms with Crippen LogP contribution in [0, 0.1) is 5.92 Å². The van der Waals surface area contributed by atoms with Crippen molar-refractivity contribution in [3.63, 3.8) is 0 Å². The predicted molar refractivity (Wildman–Crippen MR) is 125 cm³/mol. The van der Waals surface area contributed by atoms with E-state index in [0.717, 1.165) is 23.4 Å². The van der Waals surface area contributed by atoms with Gasteiger partial charge < -0.3 is 25.8 Å². The number of hydrogen-bond acceptors (Lipinski definition) is 5. The minimum Gasteiger partial charge on any atom is -0.480 e. The summed E-state index contributed by atoms with van der Waals surface area (Å²) in [5.41, 5.74) is 6.52. The first-order valence-corrected chi connectivity index (χ1v) is 11.3. The van der Waals surface area contributed by atoms with Crippen LogP contribution in [-0.4, -0.2) is 46.9 Å². The van der Waals surface area contributed by atoms with Crippen molar-refractivity contribution in [3.8, 4) is 11.1 Å². The van der Waals surface area contributed by atoms with Crippen molar-refractivity contribution in [2.75, 3.05) is 11.9 Å². The summed E-state index contributed by atoms with van der Waals surface area (Å²) in [6.45, 7) is 0. The van der Waals surface area contributed by atoms with Crippen LogP contribution in [0.25, 0.3) is 11.1 Å². The normalized spacial score (nSPS) is 19.7. The van der Waals surface area contributed by atoms with E-state index in [1.807, 2.05) is 36.2 Å². The number of unbranched alkanes of at least 4 members (excludes halogenated alkanes) is 1. The number of aliphatic carboxylic acids is 1. The zero-order valence-electron chi connectivity index (χ0n) is 19.0. The molecule has 0 amide bonds. The molecule has 0 heterocycles. The van der Waals surface area contributed by atoms with Crippen LogP contribution in [0.2, 0.25) is 6.32 Å². The van der Waals surface area contributed by atoms with Crippen LogP contribution in [0.15, 0.2) is 48.5 Å². The molecule has 1 aliphatic rings. The van der Waals surface area contributed by atoms with E-state index < -0.39 is 30.4 Å². The van der Waals surface area contributed by atoms with Gasteiger partial charge in [0.25, 0.3) is 0 Å². The Morgan fingerprint density at radius 1 is 1.09 bits per heavy atom. The van der Waals surface area contributed by atoms with E-state index in [1.165, 1.54) is 12.1 Å². The maximum atomic E-state index is 12.9. The lowest BCUT2D eigenvalue weighted by molar-refractivity contribution is -0.148. The van der Waals surface area contributed by atoms with Gasteiger partial charge >= 0.3 is 19.3 Å². The Morgan fingerprint density at radius 2 is 1.71 bits per heavy atom. The Morgan fingerprint density at radius 3 is 2.26 bits per heavy atom. The lowest BCUT2D eigenvalue weighted by Crippen LogP contribution is -2.61. The number of halogens is 3. The summed E-state index contributed by atoms with van der Waals surface area (Å²) in [5.74, 6) is -1.29. The average molecular weight is 478 g/mol. The third-order valence-corrected chi connectivity index (χ3v) is 6.90. The van der Waals surface area contributed by atoms with Crippen LogP contribution >= 0.6 is 0 Å². The highest BCUT2D eigenvalue weighted by Crippen LogP contribution is 2.43. The van der Waals surface area contributed by atoms with Gasteiger partial charge in [-0.2, -0.15) is 13.2 Å². The monoisotopic (exact) mass is 478 g/mol. The van der Waals surface area contributed by atoms with E-state index in [1.54, 1.807) is 0 Å². The van der Waals surface area contributed by atoms with E-state index in [4.69, 9.17) is 15.8 Å². The SMILES string of the molecule is CN(c1ccccc1-c1ccc(C(F)(F)F)cc1)C1CC([C@@](N)(CCCCB(O)O)C(=O)O)C1. The molecule has 1 saturated carbocycles. The fraction of sp³-hybridized carbons (Fsp3) is 0.458. The van der Waals surface area contributed by atoms with Crippen LogP contribution in [0.3, 0.4) is 0 Å². The minimum atomic E-state index is -4.40. The lowest BCUT2D eigenvalue weighted by Gasteiger charge is -2.48. The molecule has 0 saturated heterocycles. The predicted octanol–water partition coefficient (Wildman–Crippen LogP) is 4.01. The number of anilines is 1. The lowest BCUT2D eigenvalue weighted by atomic mass is 9.65. The summed E-state index contributed by atoms with van der Waals surface area (Å²) < 4.78 is 38.8. The molecule has 0 bridgehead atoms. The first kappa shape index (κ1) is 26.1. The van der Waals surface area contributed by atoms with Crippen LogP contribution in [0.5, 0.6) is 0 Å². The second kappa shape index (κ2) is 10.4. The van der Waals surface area contributed by atoms with Crippen molar-refractivity contribution in [1.29, 1.82) is 0 Å². The van der Waals surface area contributed by atoms with Crippen LogP contribution in [0.1, 0.15) is 37.7 Å². The molecular weight excluding hydrogens is 448 g/mol. The smallest absolute Gasteiger partial charge is 0.451 e. The zero-order chi connectivity index (χ0) is 25.1. The highest BCUT2D eigenvalue weighted by Gasteiger charge is 2.49. The molecule has 5 N–H and O–H groups in total. The number of benzene rings is 2. The number of carboxylic acids is 1. The zero-order valence-corrected chi connectivity index (χ0v) is 19.0. The van der Waals surface area contributed by atoms with Crippen LogP contribution < -0.4 is 10.6 Å². The molecule has 2 aromatic rings. The van der Waals surface area contributed by atoms with Crippen LogP contribution in [-0.2, 0) is 11.0 Å². The second-order valence-electron chi connectivity index (χ2n) is 9.10. The Bertz CT molecular complexity index is 981. The Kier molecular flexibility index (Phi) is 7.95. The fourth-order valence-electron chi connectivity index (χ4n) is 4.62. The summed E-state index contributed by atoms with van der Waals surface area (Å²) in [4.78, 5) is 14.0. The number of hydrogen-bond donors (Lipinski definition) is 4. The van der Waals surface area contributed by atoms with Gasteiger partial charge in [0.1, 0.15) is 5.54 Å². The van der Waals surface area contributed by atoms with Crippen molar-refractivity contribution in [2.45, 2.75) is 56.2 Å². The van der Waals surface area contributed by atoms with Crippen molar-refractivity contribution in [1.82, 2.24) is 0 Å². The number of rotatable bonds is 10. The van der Waals surface area contributed by atoms with Crippen molar-refractivity contribution in [3.05, 3.63) is 54.1 Å². The molecule has 3 rings (SSSR count). The molecule has 0 aliphatic heterocycles. The molecule has 0 spiro atoms. The highest BCUT2D eigenvalue weighted by molar-refractivity contribution is 6.40. The van der Waals surface area contributed by atoms with Crippen molar-refractivity contribution < 1.29 is 33.1 Å².